The summed E-state index contributed by atoms with van der Waals surface area (Å²) >= 11 is 1.90. The molecule has 2 N–H and O–H groups in total. The molecule has 106 valence electrons. The Morgan fingerprint density at radius 2 is 2.15 bits per heavy atom. The zero-order valence-corrected chi connectivity index (χ0v) is 12.6. The minimum atomic E-state index is 0.0375. The highest BCUT2D eigenvalue weighted by atomic mass is 32.2. The SMILES string of the molecule is CSC1(CNC(=O)c2cccc3[nH]ccc23)CCCC1. The fourth-order valence-corrected chi connectivity index (χ4v) is 4.01. The van der Waals surface area contributed by atoms with Crippen molar-refractivity contribution in [3.8, 4) is 0 Å². The molecule has 3 nitrogen and oxygen atoms in total. The number of H-pyrrole nitrogens is 1. The number of aromatic nitrogens is 1. The van der Waals surface area contributed by atoms with E-state index in [0.29, 0.717) is 0 Å². The van der Waals surface area contributed by atoms with Crippen molar-refractivity contribution in [1.29, 1.82) is 0 Å². The van der Waals surface area contributed by atoms with E-state index in [9.17, 15) is 4.79 Å². The van der Waals surface area contributed by atoms with Gasteiger partial charge < -0.3 is 10.3 Å². The maximum Gasteiger partial charge on any atom is 0.252 e. The summed E-state index contributed by atoms with van der Waals surface area (Å²) in [4.78, 5) is 15.6. The van der Waals surface area contributed by atoms with Crippen LogP contribution in [0.15, 0.2) is 30.5 Å². The lowest BCUT2D eigenvalue weighted by Gasteiger charge is -2.27. The molecular weight excluding hydrogens is 268 g/mol. The molecule has 0 bridgehead atoms. The van der Waals surface area contributed by atoms with Crippen LogP contribution in [0.25, 0.3) is 10.9 Å². The molecule has 20 heavy (non-hydrogen) atoms. The summed E-state index contributed by atoms with van der Waals surface area (Å²) in [6.45, 7) is 0.772. The quantitative estimate of drug-likeness (QED) is 0.903. The third-order valence-electron chi connectivity index (χ3n) is 4.36. The molecule has 3 rings (SSSR count). The van der Waals surface area contributed by atoms with Gasteiger partial charge in [0, 0.05) is 34.0 Å². The number of carbonyl (C=O) groups excluding carboxylic acids is 1. The molecule has 1 fully saturated rings. The largest absolute Gasteiger partial charge is 0.361 e. The predicted octanol–water partition coefficient (Wildman–Crippen LogP) is 3.57. The number of fused-ring (bicyclic) bond motifs is 1. The smallest absolute Gasteiger partial charge is 0.252 e. The van der Waals surface area contributed by atoms with Crippen LogP contribution in [0.2, 0.25) is 0 Å². The topological polar surface area (TPSA) is 44.9 Å². The van der Waals surface area contributed by atoms with Crippen molar-refractivity contribution in [2.75, 3.05) is 12.8 Å². The van der Waals surface area contributed by atoms with Crippen LogP contribution in [0.3, 0.4) is 0 Å². The Morgan fingerprint density at radius 1 is 1.35 bits per heavy atom. The van der Waals surface area contributed by atoms with Crippen molar-refractivity contribution in [3.63, 3.8) is 0 Å². The first kappa shape index (κ1) is 13.6. The highest BCUT2D eigenvalue weighted by molar-refractivity contribution is 8.00. The first-order valence-electron chi connectivity index (χ1n) is 7.14. The number of amides is 1. The highest BCUT2D eigenvalue weighted by Crippen LogP contribution is 2.39. The maximum atomic E-state index is 12.4. The first-order chi connectivity index (χ1) is 9.74. The van der Waals surface area contributed by atoms with Crippen molar-refractivity contribution in [2.24, 2.45) is 0 Å². The monoisotopic (exact) mass is 288 g/mol. The van der Waals surface area contributed by atoms with E-state index in [0.717, 1.165) is 23.0 Å². The van der Waals surface area contributed by atoms with Crippen molar-refractivity contribution in [1.82, 2.24) is 10.3 Å². The summed E-state index contributed by atoms with van der Waals surface area (Å²) in [6, 6.07) is 7.77. The van der Waals surface area contributed by atoms with E-state index in [1.54, 1.807) is 0 Å². The summed E-state index contributed by atoms with van der Waals surface area (Å²) in [5, 5.41) is 4.14. The summed E-state index contributed by atoms with van der Waals surface area (Å²) in [7, 11) is 0. The first-order valence-corrected chi connectivity index (χ1v) is 8.36. The van der Waals surface area contributed by atoms with E-state index in [-0.39, 0.29) is 10.7 Å². The van der Waals surface area contributed by atoms with Gasteiger partial charge >= 0.3 is 0 Å². The summed E-state index contributed by atoms with van der Waals surface area (Å²) in [5.41, 5.74) is 1.77. The molecule has 0 saturated heterocycles. The second kappa shape index (κ2) is 5.52. The Morgan fingerprint density at radius 3 is 2.90 bits per heavy atom. The third kappa shape index (κ3) is 2.44. The second-order valence-corrected chi connectivity index (χ2v) is 6.80. The molecule has 0 spiro atoms. The van der Waals surface area contributed by atoms with Gasteiger partial charge in [0.2, 0.25) is 0 Å². The van der Waals surface area contributed by atoms with Gasteiger partial charge in [0.15, 0.2) is 0 Å². The molecule has 1 aliphatic rings. The van der Waals surface area contributed by atoms with E-state index in [4.69, 9.17) is 0 Å². The van der Waals surface area contributed by atoms with E-state index in [1.807, 2.05) is 42.2 Å². The van der Waals surface area contributed by atoms with Crippen LogP contribution >= 0.6 is 11.8 Å². The molecule has 0 unspecified atom stereocenters. The van der Waals surface area contributed by atoms with Gasteiger partial charge in [0.1, 0.15) is 0 Å². The molecule has 2 aromatic rings. The minimum absolute atomic E-state index is 0.0375. The molecule has 1 aromatic carbocycles. The summed E-state index contributed by atoms with van der Waals surface area (Å²) in [6.07, 6.45) is 9.02. The van der Waals surface area contributed by atoms with Crippen LogP contribution < -0.4 is 5.32 Å². The number of nitrogens with one attached hydrogen (secondary N) is 2. The van der Waals surface area contributed by atoms with Crippen LogP contribution in [0.1, 0.15) is 36.0 Å². The molecule has 1 aliphatic carbocycles. The van der Waals surface area contributed by atoms with Gasteiger partial charge in [-0.1, -0.05) is 18.9 Å². The number of aromatic amines is 1. The number of rotatable bonds is 4. The van der Waals surface area contributed by atoms with Crippen molar-refractivity contribution in [3.05, 3.63) is 36.0 Å². The molecule has 0 aliphatic heterocycles. The van der Waals surface area contributed by atoms with E-state index >= 15 is 0 Å². The standard InChI is InChI=1S/C16H20N2OS/c1-20-16(8-2-3-9-16)11-18-15(19)13-5-4-6-14-12(13)7-10-17-14/h4-7,10,17H,2-3,8-9,11H2,1H3,(H,18,19). The van der Waals surface area contributed by atoms with Crippen LogP contribution in [0.4, 0.5) is 0 Å². The average molecular weight is 288 g/mol. The second-order valence-electron chi connectivity index (χ2n) is 5.52. The molecule has 1 aromatic heterocycles. The lowest BCUT2D eigenvalue weighted by Crippen LogP contribution is -2.38. The maximum absolute atomic E-state index is 12.4. The highest BCUT2D eigenvalue weighted by Gasteiger charge is 2.33. The molecular formula is C16H20N2OS. The van der Waals surface area contributed by atoms with Crippen molar-refractivity contribution < 1.29 is 4.79 Å². The van der Waals surface area contributed by atoms with Gasteiger partial charge in [-0.05, 0) is 37.3 Å². The van der Waals surface area contributed by atoms with Crippen LogP contribution in [0.5, 0.6) is 0 Å². The number of hydrogen-bond donors (Lipinski definition) is 2. The van der Waals surface area contributed by atoms with E-state index < -0.39 is 0 Å². The predicted molar refractivity (Wildman–Crippen MR) is 85.3 cm³/mol. The van der Waals surface area contributed by atoms with Gasteiger partial charge in [0.25, 0.3) is 5.91 Å². The average Bonchev–Trinajstić information content (AvgIpc) is 3.13. The number of carbonyl (C=O) groups is 1. The van der Waals surface area contributed by atoms with Crippen molar-refractivity contribution >= 4 is 28.6 Å². The Labute approximate surface area is 123 Å². The Bertz CT molecular complexity index is 614. The van der Waals surface area contributed by atoms with Gasteiger partial charge in [-0.15, -0.1) is 0 Å². The van der Waals surface area contributed by atoms with Gasteiger partial charge in [0.05, 0.1) is 0 Å². The van der Waals surface area contributed by atoms with Crippen LogP contribution in [-0.4, -0.2) is 28.4 Å². The Kier molecular flexibility index (Phi) is 3.74. The normalized spacial score (nSPS) is 17.4. The Balaban J connectivity index is 1.75. The van der Waals surface area contributed by atoms with Crippen LogP contribution in [0, 0.1) is 0 Å². The summed E-state index contributed by atoms with van der Waals surface area (Å²) in [5.74, 6) is 0.0375. The fraction of sp³-hybridized carbons (Fsp3) is 0.438. The molecule has 1 heterocycles. The summed E-state index contributed by atoms with van der Waals surface area (Å²) < 4.78 is 0.252. The number of benzene rings is 1. The minimum Gasteiger partial charge on any atom is -0.361 e. The zero-order valence-electron chi connectivity index (χ0n) is 11.7. The Hall–Kier alpha value is -1.42. The fourth-order valence-electron chi connectivity index (χ4n) is 3.09. The van der Waals surface area contributed by atoms with E-state index in [1.165, 1.54) is 25.7 Å². The lowest BCUT2D eigenvalue weighted by molar-refractivity contribution is 0.0951. The van der Waals surface area contributed by atoms with E-state index in [2.05, 4.69) is 16.6 Å². The third-order valence-corrected chi connectivity index (χ3v) is 5.78. The number of thioether (sulfide) groups is 1. The molecule has 0 radical (unpaired) electrons. The van der Waals surface area contributed by atoms with Crippen molar-refractivity contribution in [2.45, 2.75) is 30.4 Å². The molecule has 1 saturated carbocycles. The molecule has 1 amide bonds. The molecule has 4 heteroatoms. The lowest BCUT2D eigenvalue weighted by atomic mass is 10.1. The molecule has 0 atom stereocenters. The zero-order chi connectivity index (χ0) is 14.0. The number of hydrogen-bond acceptors (Lipinski definition) is 2. The van der Waals surface area contributed by atoms with Gasteiger partial charge in [-0.25, -0.2) is 0 Å². The van der Waals surface area contributed by atoms with Crippen LogP contribution in [-0.2, 0) is 0 Å². The van der Waals surface area contributed by atoms with Gasteiger partial charge in [-0.2, -0.15) is 11.8 Å². The van der Waals surface area contributed by atoms with Gasteiger partial charge in [-0.3, -0.25) is 4.79 Å².